The molecular formula is C31H30F6N8O8S4. The van der Waals surface area contributed by atoms with E-state index in [-0.39, 0.29) is 50.6 Å². The fourth-order valence-corrected chi connectivity index (χ4v) is 10.7. The van der Waals surface area contributed by atoms with Crippen molar-refractivity contribution in [1.82, 2.24) is 38.6 Å². The number of nitrogens with one attached hydrogen (secondary N) is 1. The van der Waals surface area contributed by atoms with Gasteiger partial charge in [-0.25, -0.2) is 9.97 Å². The van der Waals surface area contributed by atoms with Crippen LogP contribution in [0.5, 0.6) is 10.4 Å². The van der Waals surface area contributed by atoms with Gasteiger partial charge in [0.25, 0.3) is 30.4 Å². The molecule has 7 rings (SSSR count). The van der Waals surface area contributed by atoms with Gasteiger partial charge in [-0.3, -0.25) is 4.79 Å². The maximum Gasteiger partial charge on any atom is 0.422 e. The molecule has 1 atom stereocenters. The smallest absolute Gasteiger partial charge is 0.422 e. The molecule has 57 heavy (non-hydrogen) atoms. The van der Waals surface area contributed by atoms with Crippen molar-refractivity contribution < 1.29 is 62.6 Å². The van der Waals surface area contributed by atoms with Crippen LogP contribution < -0.4 is 14.8 Å². The number of rotatable bonds is 11. The Morgan fingerprint density at radius 3 is 1.79 bits per heavy atom. The summed E-state index contributed by atoms with van der Waals surface area (Å²) in [6.45, 7) is 0.401. The van der Waals surface area contributed by atoms with Gasteiger partial charge in [0.05, 0.1) is 41.8 Å². The van der Waals surface area contributed by atoms with E-state index < -0.39 is 56.7 Å². The summed E-state index contributed by atoms with van der Waals surface area (Å²) >= 11 is 1.02. The fourth-order valence-electron chi connectivity index (χ4n) is 5.57. The number of thiazole rings is 2. The van der Waals surface area contributed by atoms with Gasteiger partial charge in [-0.1, -0.05) is 53.0 Å². The number of carbonyl (C=O) groups excluding carboxylic acids is 1. The molecule has 5 aromatic rings. The second-order valence-electron chi connectivity index (χ2n) is 12.4. The normalized spacial score (nSPS) is 14.9. The molecule has 26 heteroatoms. The number of ether oxygens (including phenoxy) is 2. The predicted octanol–water partition coefficient (Wildman–Crippen LogP) is 3.87. The SMILES string of the molecule is Cc1nc(OCC(F)(F)F)sc1S(=O)(=O)n1cc2c(n1)CN(C(=O)[C@H](CO)c1ccccc1)C2.Cc1nc(OCC(F)(F)F)sc1S(=O)(=O)n1cc2c(n1)CNC2. The molecule has 0 bridgehead atoms. The minimum Gasteiger partial charge on any atom is -0.460 e. The molecular weight excluding hydrogens is 855 g/mol. The Morgan fingerprint density at radius 1 is 0.807 bits per heavy atom. The summed E-state index contributed by atoms with van der Waals surface area (Å²) in [5, 5.41) is 20.1. The van der Waals surface area contributed by atoms with Crippen LogP contribution in [0.3, 0.4) is 0 Å². The van der Waals surface area contributed by atoms with E-state index in [0.29, 0.717) is 58.3 Å². The van der Waals surface area contributed by atoms with Gasteiger partial charge in [0, 0.05) is 43.2 Å². The quantitative estimate of drug-likeness (QED) is 0.181. The van der Waals surface area contributed by atoms with E-state index in [2.05, 4.69) is 35.0 Å². The van der Waals surface area contributed by atoms with E-state index in [4.69, 9.17) is 0 Å². The van der Waals surface area contributed by atoms with Crippen molar-refractivity contribution >= 4 is 48.6 Å². The highest BCUT2D eigenvalue weighted by molar-refractivity contribution is 7.92. The van der Waals surface area contributed by atoms with Gasteiger partial charge in [-0.2, -0.15) is 61.5 Å². The van der Waals surface area contributed by atoms with E-state index in [1.54, 1.807) is 30.3 Å². The van der Waals surface area contributed by atoms with Crippen LogP contribution in [0.15, 0.2) is 51.1 Å². The maximum absolute atomic E-state index is 13.0. The number of aryl methyl sites for hydroxylation is 2. The molecule has 2 aliphatic heterocycles. The molecule has 1 aromatic carbocycles. The summed E-state index contributed by atoms with van der Waals surface area (Å²) in [6, 6.07) is 8.81. The lowest BCUT2D eigenvalue weighted by atomic mass is 9.98. The number of halogens is 6. The number of nitrogens with zero attached hydrogens (tertiary/aromatic N) is 7. The molecule has 0 spiro atoms. The summed E-state index contributed by atoms with van der Waals surface area (Å²) < 4.78 is 135. The number of fused-ring (bicyclic) bond motifs is 2. The third kappa shape index (κ3) is 9.41. The van der Waals surface area contributed by atoms with E-state index in [9.17, 15) is 53.1 Å². The van der Waals surface area contributed by atoms with Crippen LogP contribution in [0.4, 0.5) is 26.3 Å². The fraction of sp³-hybridized carbons (Fsp3) is 0.387. The zero-order chi connectivity index (χ0) is 41.5. The number of hydrogen-bond acceptors (Lipinski definition) is 15. The van der Waals surface area contributed by atoms with E-state index in [0.717, 1.165) is 13.7 Å². The maximum atomic E-state index is 13.0. The summed E-state index contributed by atoms with van der Waals surface area (Å²) in [6.07, 6.45) is -6.45. The standard InChI is InChI=1S/C20H19F3N4O5S2.C11H11F3N4O3S2/c1-12-18(33-19(24-12)32-11-20(21,22)23)34(30,31)27-8-14-7-26(9-16(14)25-27)17(29)15(10-28)13-5-3-2-4-6-13;1-6-9(22-10(16-6)21-5-11(12,13)14)23(19,20)18-4-7-2-15-3-8(7)17-18/h2-6,8,15,28H,7,9-11H2,1H3;4,15H,2-3,5H2,1H3/t15-;/m1./s1. The Hall–Kier alpha value is -4.63. The van der Waals surface area contributed by atoms with Gasteiger partial charge in [0.1, 0.15) is 0 Å². The number of amides is 1. The lowest BCUT2D eigenvalue weighted by Crippen LogP contribution is -2.33. The zero-order valence-corrected chi connectivity index (χ0v) is 32.7. The van der Waals surface area contributed by atoms with Crippen molar-refractivity contribution in [3.8, 4) is 10.4 Å². The van der Waals surface area contributed by atoms with Crippen LogP contribution in [0.1, 0.15) is 45.4 Å². The van der Waals surface area contributed by atoms with Gasteiger partial charge in [0.2, 0.25) is 5.91 Å². The van der Waals surface area contributed by atoms with Crippen molar-refractivity contribution in [3.63, 3.8) is 0 Å². The highest BCUT2D eigenvalue weighted by Crippen LogP contribution is 2.34. The first-order valence-electron chi connectivity index (χ1n) is 16.3. The van der Waals surface area contributed by atoms with E-state index in [1.807, 2.05) is 0 Å². The van der Waals surface area contributed by atoms with Gasteiger partial charge >= 0.3 is 12.4 Å². The highest BCUT2D eigenvalue weighted by Gasteiger charge is 2.36. The van der Waals surface area contributed by atoms with Crippen molar-refractivity contribution in [3.05, 3.63) is 82.2 Å². The number of aliphatic hydroxyl groups is 1. The lowest BCUT2D eigenvalue weighted by molar-refractivity contribution is -0.154. The molecule has 308 valence electrons. The van der Waals surface area contributed by atoms with Crippen LogP contribution in [0.25, 0.3) is 0 Å². The molecule has 16 nitrogen and oxygen atoms in total. The topological polar surface area (TPSA) is 201 Å². The number of aromatic nitrogens is 6. The average molecular weight is 885 g/mol. The molecule has 0 unspecified atom stereocenters. The Morgan fingerprint density at radius 2 is 1.32 bits per heavy atom. The second-order valence-corrected chi connectivity index (χ2v) is 18.3. The largest absolute Gasteiger partial charge is 0.460 e. The number of benzene rings is 1. The van der Waals surface area contributed by atoms with Gasteiger partial charge < -0.3 is 24.8 Å². The van der Waals surface area contributed by atoms with Crippen LogP contribution in [0.2, 0.25) is 0 Å². The van der Waals surface area contributed by atoms with Crippen molar-refractivity contribution in [2.24, 2.45) is 0 Å². The second kappa shape index (κ2) is 16.0. The summed E-state index contributed by atoms with van der Waals surface area (Å²) in [4.78, 5) is 21.9. The van der Waals surface area contributed by atoms with Crippen LogP contribution >= 0.6 is 22.7 Å². The molecule has 0 saturated heterocycles. The number of aliphatic hydroxyl groups excluding tert-OH is 1. The van der Waals surface area contributed by atoms with Gasteiger partial charge in [-0.15, -0.1) is 0 Å². The van der Waals surface area contributed by atoms with E-state index in [1.165, 1.54) is 31.1 Å². The molecule has 6 heterocycles. The molecule has 1 amide bonds. The Balaban J connectivity index is 0.000000208. The molecule has 0 saturated carbocycles. The summed E-state index contributed by atoms with van der Waals surface area (Å²) in [7, 11) is -8.23. The van der Waals surface area contributed by atoms with E-state index >= 15 is 0 Å². The van der Waals surface area contributed by atoms with Crippen molar-refractivity contribution in [1.29, 1.82) is 0 Å². The average Bonchev–Trinajstić information content (AvgIpc) is 3.97. The first-order valence-corrected chi connectivity index (χ1v) is 20.8. The molecule has 4 aromatic heterocycles. The van der Waals surface area contributed by atoms with Crippen molar-refractivity contribution in [2.45, 2.75) is 66.7 Å². The number of alkyl halides is 6. The minimum absolute atomic E-state index is 0.0108. The molecule has 2 N–H and O–H groups in total. The summed E-state index contributed by atoms with van der Waals surface area (Å²) in [5.41, 5.74) is 3.00. The lowest BCUT2D eigenvalue weighted by Gasteiger charge is -2.22. The van der Waals surface area contributed by atoms with Crippen LogP contribution in [0, 0.1) is 13.8 Å². The third-order valence-electron chi connectivity index (χ3n) is 8.16. The zero-order valence-electron chi connectivity index (χ0n) is 29.4. The van der Waals surface area contributed by atoms with Crippen LogP contribution in [-0.4, -0.2) is 93.3 Å². The number of hydrogen-bond donors (Lipinski definition) is 2. The third-order valence-corrected chi connectivity index (χ3v) is 14.5. The molecule has 0 fully saturated rings. The van der Waals surface area contributed by atoms with Crippen LogP contribution in [-0.2, 0) is 51.0 Å². The van der Waals surface area contributed by atoms with Crippen molar-refractivity contribution in [2.75, 3.05) is 19.8 Å². The minimum atomic E-state index is -4.58. The molecule has 0 aliphatic carbocycles. The predicted molar refractivity (Wildman–Crippen MR) is 187 cm³/mol. The summed E-state index contributed by atoms with van der Waals surface area (Å²) in [5.74, 6) is -1.07. The monoisotopic (exact) mass is 884 g/mol. The molecule has 2 aliphatic rings. The Bertz CT molecular complexity index is 2440. The Kier molecular flexibility index (Phi) is 11.8. The number of carbonyl (C=O) groups is 1. The highest BCUT2D eigenvalue weighted by atomic mass is 32.3. The van der Waals surface area contributed by atoms with Gasteiger partial charge in [0.15, 0.2) is 21.6 Å². The first-order chi connectivity index (χ1) is 26.7. The Labute approximate surface area is 327 Å². The van der Waals surface area contributed by atoms with Gasteiger partial charge in [-0.05, 0) is 19.4 Å². The molecule has 0 radical (unpaired) electrons. The first kappa shape index (κ1) is 42.0.